The number of hydrogen-bond acceptors (Lipinski definition) is 7. The molecule has 3 aliphatic carbocycles. The first kappa shape index (κ1) is 36.1. The molecule has 258 valence electrons. The van der Waals surface area contributed by atoms with Crippen LogP contribution in [-0.2, 0) is 17.6 Å². The van der Waals surface area contributed by atoms with Crippen molar-refractivity contribution >= 4 is 17.4 Å². The van der Waals surface area contributed by atoms with Gasteiger partial charge in [0, 0.05) is 54.2 Å². The van der Waals surface area contributed by atoms with Crippen molar-refractivity contribution < 1.29 is 34.3 Å². The number of carbonyl (C=O) groups is 1. The van der Waals surface area contributed by atoms with Gasteiger partial charge in [0.25, 0.3) is 0 Å². The van der Waals surface area contributed by atoms with Crippen molar-refractivity contribution in [2.24, 2.45) is 5.41 Å². The second-order valence-electron chi connectivity index (χ2n) is 14.4. The van der Waals surface area contributed by atoms with E-state index in [0.717, 1.165) is 30.4 Å². The lowest BCUT2D eigenvalue weighted by molar-refractivity contribution is -0.0945. The molecule has 7 nitrogen and oxygen atoms in total. The summed E-state index contributed by atoms with van der Waals surface area (Å²) in [5.41, 5.74) is 1.64. The van der Waals surface area contributed by atoms with Crippen molar-refractivity contribution in [1.29, 1.82) is 0 Å². The predicted molar refractivity (Wildman–Crippen MR) is 181 cm³/mol. The van der Waals surface area contributed by atoms with E-state index in [9.17, 15) is 29.6 Å². The zero-order valence-corrected chi connectivity index (χ0v) is 28.5. The van der Waals surface area contributed by atoms with E-state index in [-0.39, 0.29) is 54.5 Å². The molecule has 1 heterocycles. The Hall–Kier alpha value is -2.17. The normalized spacial score (nSPS) is 29.0. The number of benzene rings is 2. The Balaban J connectivity index is 1.55. The SMILES string of the molecule is CC1=CCCC2(C)C(CCC2(O)CN(CC(O)CO)CC2CCCO2)c2ccc(cc2C(=O)Cc2c(F)cccc2Cl)CC(O)CC1. The zero-order chi connectivity index (χ0) is 33.8. The summed E-state index contributed by atoms with van der Waals surface area (Å²) in [6.45, 7) is 5.56. The van der Waals surface area contributed by atoms with E-state index in [2.05, 4.69) is 19.9 Å². The Bertz CT molecular complexity index is 1410. The molecule has 9 heteroatoms. The van der Waals surface area contributed by atoms with Gasteiger partial charge in [-0.25, -0.2) is 4.39 Å². The first-order valence-electron chi connectivity index (χ1n) is 17.2. The number of ether oxygens (including phenoxy) is 1. The fourth-order valence-electron chi connectivity index (χ4n) is 8.20. The van der Waals surface area contributed by atoms with Gasteiger partial charge in [-0.1, -0.05) is 48.4 Å². The lowest BCUT2D eigenvalue weighted by Crippen LogP contribution is -2.55. The van der Waals surface area contributed by atoms with Gasteiger partial charge >= 0.3 is 0 Å². The molecule has 0 amide bonds. The maximum atomic E-state index is 14.9. The summed E-state index contributed by atoms with van der Waals surface area (Å²) < 4.78 is 20.8. The van der Waals surface area contributed by atoms with E-state index in [4.69, 9.17) is 16.3 Å². The lowest BCUT2D eigenvalue weighted by atomic mass is 9.64. The molecule has 6 unspecified atom stereocenters. The number of nitrogens with zero attached hydrogens (tertiary/aromatic N) is 1. The minimum atomic E-state index is -1.17. The molecule has 4 aliphatic rings. The van der Waals surface area contributed by atoms with E-state index in [0.29, 0.717) is 57.2 Å². The van der Waals surface area contributed by atoms with Crippen LogP contribution in [0.15, 0.2) is 48.0 Å². The van der Waals surface area contributed by atoms with Crippen molar-refractivity contribution in [1.82, 2.24) is 4.90 Å². The summed E-state index contributed by atoms with van der Waals surface area (Å²) in [5, 5.41) is 44.0. The summed E-state index contributed by atoms with van der Waals surface area (Å²) in [6.07, 6.45) is 6.59. The van der Waals surface area contributed by atoms with Gasteiger partial charge in [0.15, 0.2) is 5.78 Å². The van der Waals surface area contributed by atoms with Gasteiger partial charge in [-0.2, -0.15) is 0 Å². The van der Waals surface area contributed by atoms with Crippen LogP contribution in [0.5, 0.6) is 0 Å². The Morgan fingerprint density at radius 3 is 2.72 bits per heavy atom. The zero-order valence-electron chi connectivity index (χ0n) is 27.8. The van der Waals surface area contributed by atoms with Gasteiger partial charge in [0.2, 0.25) is 0 Å². The molecular weight excluding hydrogens is 621 g/mol. The first-order valence-corrected chi connectivity index (χ1v) is 17.6. The molecule has 0 aromatic heterocycles. The molecular formula is C38H51ClFNO6. The molecule has 2 aromatic carbocycles. The maximum Gasteiger partial charge on any atom is 0.167 e. The molecule has 6 atom stereocenters. The Labute approximate surface area is 283 Å². The number of halogens is 2. The van der Waals surface area contributed by atoms with Gasteiger partial charge in [0.1, 0.15) is 5.82 Å². The van der Waals surface area contributed by atoms with Crippen LogP contribution < -0.4 is 0 Å². The predicted octanol–water partition coefficient (Wildman–Crippen LogP) is 5.78. The number of ketones is 1. The van der Waals surface area contributed by atoms with Crippen LogP contribution in [0, 0.1) is 11.2 Å². The molecule has 1 saturated heterocycles. The average Bonchev–Trinajstić information content (AvgIpc) is 3.63. The van der Waals surface area contributed by atoms with Crippen molar-refractivity contribution in [2.75, 3.05) is 32.8 Å². The molecule has 47 heavy (non-hydrogen) atoms. The van der Waals surface area contributed by atoms with Crippen LogP contribution in [0.4, 0.5) is 4.39 Å². The molecule has 1 aliphatic heterocycles. The van der Waals surface area contributed by atoms with Crippen molar-refractivity contribution in [3.63, 3.8) is 0 Å². The number of hydrogen-bond donors (Lipinski definition) is 4. The monoisotopic (exact) mass is 671 g/mol. The average molecular weight is 672 g/mol. The molecule has 2 fully saturated rings. The molecule has 6 rings (SSSR count). The fourth-order valence-corrected chi connectivity index (χ4v) is 8.43. The molecule has 0 radical (unpaired) electrons. The number of carbonyl (C=O) groups excluding carboxylic acids is 1. The van der Waals surface area contributed by atoms with Crippen LogP contribution in [0.3, 0.4) is 0 Å². The largest absolute Gasteiger partial charge is 0.394 e. The van der Waals surface area contributed by atoms with Gasteiger partial charge in [-0.3, -0.25) is 9.69 Å². The smallest absolute Gasteiger partial charge is 0.167 e. The molecule has 1 saturated carbocycles. The number of aliphatic hydroxyl groups excluding tert-OH is 3. The summed E-state index contributed by atoms with van der Waals surface area (Å²) in [5.74, 6) is -0.972. The first-order chi connectivity index (χ1) is 22.4. The third kappa shape index (κ3) is 8.35. The summed E-state index contributed by atoms with van der Waals surface area (Å²) >= 11 is 6.35. The quantitative estimate of drug-likeness (QED) is 0.187. The molecule has 2 aromatic rings. The second-order valence-corrected chi connectivity index (χ2v) is 14.8. The van der Waals surface area contributed by atoms with Crippen LogP contribution in [0.2, 0.25) is 5.02 Å². The van der Waals surface area contributed by atoms with Crippen LogP contribution in [-0.4, -0.2) is 87.9 Å². The molecule has 2 bridgehead atoms. The second kappa shape index (κ2) is 15.6. The highest BCUT2D eigenvalue weighted by atomic mass is 35.5. The van der Waals surface area contributed by atoms with E-state index >= 15 is 0 Å². The maximum absolute atomic E-state index is 14.9. The highest BCUT2D eigenvalue weighted by Gasteiger charge is 2.57. The van der Waals surface area contributed by atoms with Gasteiger partial charge in [-0.05, 0) is 100.0 Å². The number of fused-ring (bicyclic) bond motifs is 8. The minimum Gasteiger partial charge on any atom is -0.394 e. The van der Waals surface area contributed by atoms with E-state index in [1.807, 2.05) is 23.1 Å². The fraction of sp³-hybridized carbons (Fsp3) is 0.605. The lowest BCUT2D eigenvalue weighted by Gasteiger charge is -2.46. The number of rotatable bonds is 10. The topological polar surface area (TPSA) is 110 Å². The van der Waals surface area contributed by atoms with E-state index in [1.165, 1.54) is 17.7 Å². The van der Waals surface area contributed by atoms with Crippen LogP contribution in [0.25, 0.3) is 0 Å². The van der Waals surface area contributed by atoms with Crippen molar-refractivity contribution in [3.8, 4) is 0 Å². The van der Waals surface area contributed by atoms with Crippen molar-refractivity contribution in [2.45, 2.75) is 108 Å². The van der Waals surface area contributed by atoms with Crippen molar-refractivity contribution in [3.05, 3.63) is 81.1 Å². The summed E-state index contributed by atoms with van der Waals surface area (Å²) in [4.78, 5) is 16.2. The summed E-state index contributed by atoms with van der Waals surface area (Å²) in [6, 6.07) is 10.2. The van der Waals surface area contributed by atoms with Gasteiger partial charge in [0.05, 0.1) is 30.5 Å². The minimum absolute atomic E-state index is 0.00130. The number of allylic oxidation sites excluding steroid dienone is 2. The van der Waals surface area contributed by atoms with Gasteiger partial charge in [-0.15, -0.1) is 0 Å². The van der Waals surface area contributed by atoms with Crippen LogP contribution >= 0.6 is 11.6 Å². The summed E-state index contributed by atoms with van der Waals surface area (Å²) in [7, 11) is 0. The highest BCUT2D eigenvalue weighted by molar-refractivity contribution is 6.31. The van der Waals surface area contributed by atoms with E-state index in [1.54, 1.807) is 6.07 Å². The highest BCUT2D eigenvalue weighted by Crippen LogP contribution is 2.59. The Kier molecular flexibility index (Phi) is 12.0. The van der Waals surface area contributed by atoms with Gasteiger partial charge < -0.3 is 25.2 Å². The standard InChI is InChI=1S/C38H51ClFNO6/c1-25-6-4-15-37(2)33(14-16-38(37,46)24-41(21-28(44)23-42)22-29-7-5-17-47-29)30-13-11-26(18-27(43)12-10-25)19-31(30)36(45)20-32-34(39)8-3-9-35(32)40/h3,6,8-9,11,13,19,27-29,33,42-44,46H,4-5,7,10,12,14-18,20-24H2,1-2H3. The Morgan fingerprint density at radius 2 is 2.00 bits per heavy atom. The molecule has 4 N–H and O–H groups in total. The third-order valence-corrected chi connectivity index (χ3v) is 11.4. The van der Waals surface area contributed by atoms with Crippen LogP contribution in [0.1, 0.15) is 98.2 Å². The Morgan fingerprint density at radius 1 is 1.19 bits per heavy atom. The number of Topliss-reactive ketones (excluding diaryl/α,β-unsaturated/α-hetero) is 1. The third-order valence-electron chi connectivity index (χ3n) is 11.0. The number of aliphatic hydroxyl groups is 4. The molecule has 0 spiro atoms. The van der Waals surface area contributed by atoms with E-state index < -0.39 is 29.0 Å².